The van der Waals surface area contributed by atoms with Crippen molar-refractivity contribution in [1.29, 1.82) is 0 Å². The van der Waals surface area contributed by atoms with Gasteiger partial charge in [0.1, 0.15) is 22.8 Å². The zero-order valence-electron chi connectivity index (χ0n) is 19.7. The van der Waals surface area contributed by atoms with Crippen LogP contribution in [0, 0.1) is 5.82 Å². The number of carboxylic acid groups (broad SMARTS) is 1. The molecule has 1 aliphatic heterocycles. The molecule has 6 rings (SSSR count). The fraction of sp³-hybridized carbons (Fsp3) is 0.296. The molecule has 1 saturated heterocycles. The van der Waals surface area contributed by atoms with Crippen LogP contribution in [-0.4, -0.2) is 47.4 Å². The Kier molecular flexibility index (Phi) is 5.37. The fourth-order valence-corrected chi connectivity index (χ4v) is 4.99. The molecule has 2 aromatic heterocycles. The second-order valence-corrected chi connectivity index (χ2v) is 9.40. The number of anilines is 1. The molecule has 184 valence electrons. The number of aromatic nitrogens is 2. The van der Waals surface area contributed by atoms with E-state index < -0.39 is 17.2 Å². The molecule has 1 unspecified atom stereocenters. The maximum atomic E-state index is 15.4. The smallest absolute Gasteiger partial charge is 0.341 e. The Bertz CT molecular complexity index is 1560. The summed E-state index contributed by atoms with van der Waals surface area (Å²) in [4.78, 5) is 31.3. The number of nitrogens with one attached hydrogen (secondary N) is 1. The maximum Gasteiger partial charge on any atom is 0.341 e. The Balaban J connectivity index is 1.41. The minimum atomic E-state index is -1.27. The molecule has 1 saturated carbocycles. The number of carboxylic acids is 1. The first-order valence-corrected chi connectivity index (χ1v) is 12.0. The second kappa shape index (κ2) is 8.60. The topological polar surface area (TPSA) is 96.7 Å². The number of hydrogen-bond donors (Lipinski definition) is 2. The standard InChI is InChI=1S/C27H25FN4O4/c1-36-18-6-2-15(3-7-18)23-14-31(9-8-29-23)24-12-22-16(11-21(24)28)10-19-25(33)20(27(34)35)13-32(17-4-5-17)26(19)30-22/h2-3,6-7,10-13,17,23,29H,4-5,8-9,14H2,1H3,(H,34,35). The molecule has 2 aromatic carbocycles. The van der Waals surface area contributed by atoms with Gasteiger partial charge in [0.2, 0.25) is 5.43 Å². The quantitative estimate of drug-likeness (QED) is 0.412. The predicted octanol–water partition coefficient (Wildman–Crippen LogP) is 3.88. The van der Waals surface area contributed by atoms with Crippen LogP contribution in [0.1, 0.15) is 40.8 Å². The summed E-state index contributed by atoms with van der Waals surface area (Å²) in [6.45, 7) is 1.91. The molecule has 9 heteroatoms. The molecule has 3 heterocycles. The second-order valence-electron chi connectivity index (χ2n) is 9.40. The number of hydrogen-bond acceptors (Lipinski definition) is 6. The van der Waals surface area contributed by atoms with Crippen molar-refractivity contribution in [3.8, 4) is 5.75 Å². The van der Waals surface area contributed by atoms with Gasteiger partial charge in [-0.25, -0.2) is 14.2 Å². The molecule has 2 fully saturated rings. The third kappa shape index (κ3) is 3.85. The number of rotatable bonds is 5. The van der Waals surface area contributed by atoms with Gasteiger partial charge in [-0.1, -0.05) is 12.1 Å². The lowest BCUT2D eigenvalue weighted by molar-refractivity contribution is 0.0695. The van der Waals surface area contributed by atoms with Gasteiger partial charge in [0, 0.05) is 43.3 Å². The van der Waals surface area contributed by atoms with E-state index in [1.54, 1.807) is 23.8 Å². The lowest BCUT2D eigenvalue weighted by atomic mass is 10.0. The highest BCUT2D eigenvalue weighted by Gasteiger charge is 2.28. The van der Waals surface area contributed by atoms with Crippen molar-refractivity contribution in [3.05, 3.63) is 75.8 Å². The number of pyridine rings is 2. The van der Waals surface area contributed by atoms with E-state index in [2.05, 4.69) is 5.32 Å². The van der Waals surface area contributed by atoms with Crippen LogP contribution in [0.15, 0.2) is 53.5 Å². The molecule has 0 radical (unpaired) electrons. The van der Waals surface area contributed by atoms with Gasteiger partial charge in [0.05, 0.1) is 23.7 Å². The Labute approximate surface area is 205 Å². The molecule has 1 aliphatic carbocycles. The molecule has 36 heavy (non-hydrogen) atoms. The molecular weight excluding hydrogens is 463 g/mol. The number of methoxy groups -OCH3 is 1. The van der Waals surface area contributed by atoms with E-state index in [9.17, 15) is 14.7 Å². The summed E-state index contributed by atoms with van der Waals surface area (Å²) in [6.07, 6.45) is 3.20. The van der Waals surface area contributed by atoms with Crippen molar-refractivity contribution in [3.63, 3.8) is 0 Å². The van der Waals surface area contributed by atoms with Crippen LogP contribution in [0.2, 0.25) is 0 Å². The molecular formula is C27H25FN4O4. The first-order chi connectivity index (χ1) is 17.4. The average molecular weight is 489 g/mol. The number of fused-ring (bicyclic) bond motifs is 2. The van der Waals surface area contributed by atoms with Crippen LogP contribution in [-0.2, 0) is 0 Å². The normalized spacial score (nSPS) is 18.1. The zero-order valence-corrected chi connectivity index (χ0v) is 19.7. The highest BCUT2D eigenvalue weighted by molar-refractivity contribution is 5.97. The number of aromatic carboxylic acids is 1. The van der Waals surface area contributed by atoms with Crippen molar-refractivity contribution < 1.29 is 19.0 Å². The first kappa shape index (κ1) is 22.5. The molecule has 8 nitrogen and oxygen atoms in total. The van der Waals surface area contributed by atoms with E-state index in [0.717, 1.165) is 24.2 Å². The van der Waals surface area contributed by atoms with Crippen LogP contribution >= 0.6 is 0 Å². The molecule has 2 N–H and O–H groups in total. The largest absolute Gasteiger partial charge is 0.497 e. The zero-order chi connectivity index (χ0) is 25.0. The molecule has 0 bridgehead atoms. The Hall–Kier alpha value is -3.98. The highest BCUT2D eigenvalue weighted by atomic mass is 19.1. The summed E-state index contributed by atoms with van der Waals surface area (Å²) in [6, 6.07) is 12.7. The number of nitrogens with zero attached hydrogens (tertiary/aromatic N) is 3. The SMILES string of the molecule is COc1ccc(C2CN(c3cc4nc5c(cc4cc3F)c(=O)c(C(=O)O)cn5C3CC3)CCN2)cc1. The minimum Gasteiger partial charge on any atom is -0.497 e. The van der Waals surface area contributed by atoms with Crippen molar-refractivity contribution in [2.75, 3.05) is 31.6 Å². The fourth-order valence-electron chi connectivity index (χ4n) is 4.99. The Morgan fingerprint density at radius 2 is 1.97 bits per heavy atom. The number of ether oxygens (including phenoxy) is 1. The van der Waals surface area contributed by atoms with Gasteiger partial charge < -0.3 is 24.6 Å². The molecule has 2 aliphatic rings. The number of piperazine rings is 1. The highest BCUT2D eigenvalue weighted by Crippen LogP contribution is 2.37. The van der Waals surface area contributed by atoms with Crippen LogP contribution in [0.3, 0.4) is 0 Å². The van der Waals surface area contributed by atoms with Gasteiger partial charge in [-0.05, 0) is 48.7 Å². The molecule has 1 atom stereocenters. The summed E-state index contributed by atoms with van der Waals surface area (Å²) in [5.74, 6) is -0.899. The summed E-state index contributed by atoms with van der Waals surface area (Å²) >= 11 is 0. The van der Waals surface area contributed by atoms with Crippen molar-refractivity contribution in [2.45, 2.75) is 24.9 Å². The van der Waals surface area contributed by atoms with Crippen LogP contribution < -0.4 is 20.4 Å². The minimum absolute atomic E-state index is 0.0267. The molecule has 4 aromatic rings. The lowest BCUT2D eigenvalue weighted by Crippen LogP contribution is -2.46. The average Bonchev–Trinajstić information content (AvgIpc) is 3.73. The van der Waals surface area contributed by atoms with Gasteiger partial charge in [-0.3, -0.25) is 4.79 Å². The molecule has 0 spiro atoms. The van der Waals surface area contributed by atoms with E-state index in [0.29, 0.717) is 41.9 Å². The monoisotopic (exact) mass is 488 g/mol. The summed E-state index contributed by atoms with van der Waals surface area (Å²) in [5.41, 5.74) is 1.66. The van der Waals surface area contributed by atoms with Gasteiger partial charge in [-0.15, -0.1) is 0 Å². The number of benzene rings is 2. The first-order valence-electron chi connectivity index (χ1n) is 12.0. The van der Waals surface area contributed by atoms with Crippen molar-refractivity contribution >= 4 is 33.6 Å². The lowest BCUT2D eigenvalue weighted by Gasteiger charge is -2.35. The van der Waals surface area contributed by atoms with Gasteiger partial charge in [0.25, 0.3) is 0 Å². The summed E-state index contributed by atoms with van der Waals surface area (Å²) in [7, 11) is 1.63. The Morgan fingerprint density at radius 1 is 1.19 bits per heavy atom. The number of halogens is 1. The Morgan fingerprint density at radius 3 is 2.67 bits per heavy atom. The third-order valence-corrected chi connectivity index (χ3v) is 7.07. The van der Waals surface area contributed by atoms with Gasteiger partial charge in [-0.2, -0.15) is 0 Å². The van der Waals surface area contributed by atoms with Gasteiger partial charge in [0.15, 0.2) is 0 Å². The van der Waals surface area contributed by atoms with E-state index >= 15 is 4.39 Å². The number of carbonyl (C=O) groups is 1. The summed E-state index contributed by atoms with van der Waals surface area (Å²) < 4.78 is 22.4. The van der Waals surface area contributed by atoms with Crippen molar-refractivity contribution in [2.24, 2.45) is 0 Å². The van der Waals surface area contributed by atoms with Crippen molar-refractivity contribution in [1.82, 2.24) is 14.9 Å². The third-order valence-electron chi connectivity index (χ3n) is 7.07. The maximum absolute atomic E-state index is 15.4. The van der Waals surface area contributed by atoms with Crippen LogP contribution in [0.4, 0.5) is 10.1 Å². The van der Waals surface area contributed by atoms with E-state index in [1.807, 2.05) is 29.2 Å². The van der Waals surface area contributed by atoms with E-state index in [-0.39, 0.29) is 23.0 Å². The predicted molar refractivity (Wildman–Crippen MR) is 135 cm³/mol. The van der Waals surface area contributed by atoms with E-state index in [4.69, 9.17) is 9.72 Å². The van der Waals surface area contributed by atoms with E-state index in [1.165, 1.54) is 12.3 Å². The van der Waals surface area contributed by atoms with Gasteiger partial charge >= 0.3 is 5.97 Å². The van der Waals surface area contributed by atoms with Crippen LogP contribution in [0.25, 0.3) is 21.9 Å². The summed E-state index contributed by atoms with van der Waals surface area (Å²) in [5, 5.41) is 13.7. The van der Waals surface area contributed by atoms with Crippen LogP contribution in [0.5, 0.6) is 5.75 Å². The molecule has 0 amide bonds.